The molecule has 0 bridgehead atoms. The molecule has 0 radical (unpaired) electrons. The Balaban J connectivity index is 1.53. The van der Waals surface area contributed by atoms with Crippen molar-refractivity contribution in [2.75, 3.05) is 32.8 Å². The molecule has 3 heterocycles. The fourth-order valence-electron chi connectivity index (χ4n) is 5.01. The van der Waals surface area contributed by atoms with Crippen molar-refractivity contribution >= 4 is 23.4 Å². The number of benzene rings is 1. The topological polar surface area (TPSA) is 98.8 Å². The number of aromatic amines is 1. The highest BCUT2D eigenvalue weighted by molar-refractivity contribution is 6.32. The van der Waals surface area contributed by atoms with Gasteiger partial charge in [0.05, 0.1) is 25.2 Å². The van der Waals surface area contributed by atoms with Crippen LogP contribution < -0.4 is 4.74 Å². The summed E-state index contributed by atoms with van der Waals surface area (Å²) >= 11 is 6.32. The number of piperidine rings is 2. The van der Waals surface area contributed by atoms with E-state index in [1.54, 1.807) is 4.90 Å². The zero-order valence-electron chi connectivity index (χ0n) is 19.8. The van der Waals surface area contributed by atoms with Gasteiger partial charge >= 0.3 is 0 Å². The molecule has 4 rings (SSSR count). The highest BCUT2D eigenvalue weighted by Gasteiger charge is 2.41. The van der Waals surface area contributed by atoms with Crippen LogP contribution in [0.5, 0.6) is 5.75 Å². The predicted molar refractivity (Wildman–Crippen MR) is 129 cm³/mol. The predicted octanol–water partition coefficient (Wildman–Crippen LogP) is 3.35. The van der Waals surface area contributed by atoms with Gasteiger partial charge in [0.15, 0.2) is 0 Å². The van der Waals surface area contributed by atoms with Crippen molar-refractivity contribution in [3.05, 3.63) is 46.5 Å². The first-order chi connectivity index (χ1) is 16.3. The molecule has 9 heteroatoms. The molecule has 1 aromatic heterocycles. The number of imidazole rings is 1. The summed E-state index contributed by atoms with van der Waals surface area (Å²) < 4.78 is 6.26. The van der Waals surface area contributed by atoms with Crippen LogP contribution in [0.1, 0.15) is 53.7 Å². The Hall–Kier alpha value is -2.58. The third-order valence-electron chi connectivity index (χ3n) is 6.98. The normalized spacial score (nSPS) is 21.5. The molecule has 0 unspecified atom stereocenters. The van der Waals surface area contributed by atoms with Gasteiger partial charge in [-0.3, -0.25) is 9.59 Å². The average molecular weight is 489 g/mol. The number of carbonyl (C=O) groups is 2. The molecule has 1 atom stereocenters. The minimum atomic E-state index is -0.511. The van der Waals surface area contributed by atoms with Gasteiger partial charge in [0.2, 0.25) is 5.91 Å². The third kappa shape index (κ3) is 5.55. The number of hydrogen-bond donors (Lipinski definition) is 2. The Labute approximate surface area is 205 Å². The molecule has 1 aromatic carbocycles. The molecule has 0 spiro atoms. The number of carbonyl (C=O) groups excluding carboxylic acids is 2. The fourth-order valence-corrected chi connectivity index (χ4v) is 5.12. The maximum Gasteiger partial charge on any atom is 0.271 e. The Bertz CT molecular complexity index is 997. The zero-order chi connectivity index (χ0) is 24.3. The van der Waals surface area contributed by atoms with E-state index in [1.165, 1.54) is 12.5 Å². The summed E-state index contributed by atoms with van der Waals surface area (Å²) in [6.07, 6.45) is 5.75. The molecule has 0 aliphatic carbocycles. The van der Waals surface area contributed by atoms with E-state index in [0.717, 1.165) is 29.0 Å². The van der Waals surface area contributed by atoms with Gasteiger partial charge in [0.25, 0.3) is 5.91 Å². The van der Waals surface area contributed by atoms with Crippen molar-refractivity contribution in [1.29, 1.82) is 0 Å². The smallest absolute Gasteiger partial charge is 0.271 e. The molecular formula is C25H33ClN4O4. The molecule has 0 saturated carbocycles. The second-order valence-corrected chi connectivity index (χ2v) is 10.1. The number of aryl methyl sites for hydroxylation is 2. The number of likely N-dealkylation sites (tertiary alicyclic amines) is 2. The summed E-state index contributed by atoms with van der Waals surface area (Å²) in [5.41, 5.74) is 1.81. The Morgan fingerprint density at radius 1 is 1.21 bits per heavy atom. The standard InChI is InChI=1S/C25H33ClN4O4/c1-17-10-20(11-18(2)23(17)26)34-15-25(12-22(32)29-8-4-19(31)5-9-29)6-3-7-30(14-25)24(33)21-13-27-16-28-21/h10-11,13,16,19,31H,3-9,12,14-15H2,1-2H3,(H,27,28)/t25-/m0/s1. The second kappa shape index (κ2) is 10.4. The maximum absolute atomic E-state index is 13.3. The molecule has 184 valence electrons. The van der Waals surface area contributed by atoms with Crippen LogP contribution in [-0.4, -0.2) is 75.6 Å². The van der Waals surface area contributed by atoms with Gasteiger partial charge in [-0.25, -0.2) is 4.98 Å². The van der Waals surface area contributed by atoms with E-state index in [0.29, 0.717) is 63.5 Å². The fraction of sp³-hybridized carbons (Fsp3) is 0.560. The van der Waals surface area contributed by atoms with Crippen LogP contribution in [0.2, 0.25) is 5.02 Å². The molecule has 2 aromatic rings. The number of hydrogen-bond acceptors (Lipinski definition) is 5. The van der Waals surface area contributed by atoms with Crippen LogP contribution in [0, 0.1) is 19.3 Å². The number of rotatable bonds is 6. The Kier molecular flexibility index (Phi) is 7.48. The lowest BCUT2D eigenvalue weighted by Crippen LogP contribution is -2.51. The van der Waals surface area contributed by atoms with Crippen molar-refractivity contribution < 1.29 is 19.4 Å². The highest BCUT2D eigenvalue weighted by Crippen LogP contribution is 2.37. The molecule has 2 fully saturated rings. The summed E-state index contributed by atoms with van der Waals surface area (Å²) in [4.78, 5) is 36.8. The van der Waals surface area contributed by atoms with Gasteiger partial charge < -0.3 is 24.6 Å². The van der Waals surface area contributed by atoms with Crippen molar-refractivity contribution in [2.24, 2.45) is 5.41 Å². The van der Waals surface area contributed by atoms with Crippen molar-refractivity contribution in [3.63, 3.8) is 0 Å². The Morgan fingerprint density at radius 2 is 1.91 bits per heavy atom. The number of amides is 2. The molecule has 2 saturated heterocycles. The molecule has 2 aliphatic heterocycles. The molecule has 8 nitrogen and oxygen atoms in total. The minimum absolute atomic E-state index is 0.0507. The number of nitrogens with zero attached hydrogens (tertiary/aromatic N) is 3. The first-order valence-corrected chi connectivity index (χ1v) is 12.3. The summed E-state index contributed by atoms with van der Waals surface area (Å²) in [7, 11) is 0. The van der Waals surface area contributed by atoms with Crippen LogP contribution in [0.15, 0.2) is 24.7 Å². The lowest BCUT2D eigenvalue weighted by Gasteiger charge is -2.43. The van der Waals surface area contributed by atoms with E-state index >= 15 is 0 Å². The average Bonchev–Trinajstić information content (AvgIpc) is 3.36. The summed E-state index contributed by atoms with van der Waals surface area (Å²) in [5.74, 6) is 0.646. The number of halogens is 1. The molecule has 34 heavy (non-hydrogen) atoms. The van der Waals surface area contributed by atoms with E-state index in [-0.39, 0.29) is 17.9 Å². The SMILES string of the molecule is Cc1cc(OC[C@]2(CC(=O)N3CCC(O)CC3)CCCN(C(=O)c3cnc[nH]3)C2)cc(C)c1Cl. The van der Waals surface area contributed by atoms with Crippen LogP contribution in [0.4, 0.5) is 0 Å². The van der Waals surface area contributed by atoms with Crippen LogP contribution in [-0.2, 0) is 4.79 Å². The first-order valence-electron chi connectivity index (χ1n) is 11.9. The summed E-state index contributed by atoms with van der Waals surface area (Å²) in [6.45, 7) is 6.38. The van der Waals surface area contributed by atoms with Crippen molar-refractivity contribution in [3.8, 4) is 5.75 Å². The molecular weight excluding hydrogens is 456 g/mol. The molecule has 2 aliphatic rings. The van der Waals surface area contributed by atoms with E-state index in [9.17, 15) is 14.7 Å². The molecule has 2 N–H and O–H groups in total. The number of aliphatic hydroxyl groups is 1. The molecule has 2 amide bonds. The lowest BCUT2D eigenvalue weighted by atomic mass is 9.77. The first kappa shape index (κ1) is 24.5. The Morgan fingerprint density at radius 3 is 2.56 bits per heavy atom. The maximum atomic E-state index is 13.3. The van der Waals surface area contributed by atoms with Gasteiger partial charge in [-0.2, -0.15) is 0 Å². The highest BCUT2D eigenvalue weighted by atomic mass is 35.5. The van der Waals surface area contributed by atoms with Crippen LogP contribution >= 0.6 is 11.6 Å². The van der Waals surface area contributed by atoms with Gasteiger partial charge in [0.1, 0.15) is 11.4 Å². The van der Waals surface area contributed by atoms with Gasteiger partial charge in [-0.1, -0.05) is 11.6 Å². The minimum Gasteiger partial charge on any atom is -0.493 e. The lowest BCUT2D eigenvalue weighted by molar-refractivity contribution is -0.137. The van der Waals surface area contributed by atoms with E-state index < -0.39 is 5.41 Å². The number of ether oxygens (including phenoxy) is 1. The summed E-state index contributed by atoms with van der Waals surface area (Å²) in [6, 6.07) is 3.82. The number of aromatic nitrogens is 2. The van der Waals surface area contributed by atoms with E-state index in [1.807, 2.05) is 30.9 Å². The summed E-state index contributed by atoms with van der Waals surface area (Å²) in [5, 5.41) is 10.5. The number of aliphatic hydroxyl groups excluding tert-OH is 1. The number of nitrogens with one attached hydrogen (secondary N) is 1. The van der Waals surface area contributed by atoms with Crippen molar-refractivity contribution in [1.82, 2.24) is 19.8 Å². The third-order valence-corrected chi connectivity index (χ3v) is 7.57. The van der Waals surface area contributed by atoms with Crippen LogP contribution in [0.25, 0.3) is 0 Å². The van der Waals surface area contributed by atoms with Gasteiger partial charge in [0, 0.05) is 43.0 Å². The second-order valence-electron chi connectivity index (χ2n) is 9.74. The zero-order valence-corrected chi connectivity index (χ0v) is 20.6. The van der Waals surface area contributed by atoms with Crippen molar-refractivity contribution in [2.45, 2.75) is 52.1 Å². The van der Waals surface area contributed by atoms with Gasteiger partial charge in [-0.15, -0.1) is 0 Å². The van der Waals surface area contributed by atoms with Gasteiger partial charge in [-0.05, 0) is 62.8 Å². The largest absolute Gasteiger partial charge is 0.493 e. The van der Waals surface area contributed by atoms with Crippen LogP contribution in [0.3, 0.4) is 0 Å². The van der Waals surface area contributed by atoms with E-state index in [2.05, 4.69) is 9.97 Å². The quantitative estimate of drug-likeness (QED) is 0.649. The number of H-pyrrole nitrogens is 1. The monoisotopic (exact) mass is 488 g/mol. The van der Waals surface area contributed by atoms with E-state index in [4.69, 9.17) is 16.3 Å².